The third-order valence-corrected chi connectivity index (χ3v) is 5.31. The zero-order valence-corrected chi connectivity index (χ0v) is 13.3. The number of unbranched alkanes of at least 4 members (excludes halogenated alkanes) is 1. The highest BCUT2D eigenvalue weighted by atomic mass is 127. The largest absolute Gasteiger partial charge is 0.469 e. The van der Waals surface area contributed by atoms with Crippen molar-refractivity contribution in [1.82, 2.24) is 0 Å². The molecular weight excluding hydrogens is 380 g/mol. The lowest BCUT2D eigenvalue weighted by atomic mass is 10.1. The summed E-state index contributed by atoms with van der Waals surface area (Å²) < 4.78 is 20.8. The number of phosphoric acid groups is 1. The van der Waals surface area contributed by atoms with E-state index in [9.17, 15) is 4.57 Å². The molecule has 2 N–H and O–H groups in total. The summed E-state index contributed by atoms with van der Waals surface area (Å²) in [6, 6.07) is 8.07. The molecule has 1 aliphatic heterocycles. The molecular formula is C12H15INO4P. The van der Waals surface area contributed by atoms with Crippen molar-refractivity contribution < 1.29 is 18.9 Å². The van der Waals surface area contributed by atoms with Crippen LogP contribution in [0, 0.1) is 0 Å². The summed E-state index contributed by atoms with van der Waals surface area (Å²) in [6.45, 7) is 0.101. The van der Waals surface area contributed by atoms with E-state index in [0.717, 1.165) is 24.1 Å². The van der Waals surface area contributed by atoms with E-state index in [0.29, 0.717) is 6.42 Å². The molecule has 1 aliphatic rings. The van der Waals surface area contributed by atoms with Crippen LogP contribution in [-0.2, 0) is 9.09 Å². The molecule has 104 valence electrons. The molecule has 0 aromatic heterocycles. The van der Waals surface area contributed by atoms with Crippen LogP contribution in [0.1, 0.15) is 24.8 Å². The van der Waals surface area contributed by atoms with Crippen LogP contribution in [0.2, 0.25) is 0 Å². The van der Waals surface area contributed by atoms with Crippen molar-refractivity contribution in [3.63, 3.8) is 0 Å². The Labute approximate surface area is 122 Å². The highest BCUT2D eigenvalue weighted by molar-refractivity contribution is 14.2. The van der Waals surface area contributed by atoms with Crippen molar-refractivity contribution in [1.29, 1.82) is 0 Å². The van der Waals surface area contributed by atoms with Gasteiger partial charge in [-0.1, -0.05) is 18.2 Å². The van der Waals surface area contributed by atoms with Gasteiger partial charge in [0.25, 0.3) is 0 Å². The average molecular weight is 395 g/mol. The number of hydrogen-bond donors (Lipinski definition) is 2. The number of allylic oxidation sites excluding steroid dienone is 1. The normalized spacial score (nSPS) is 14.5. The summed E-state index contributed by atoms with van der Waals surface area (Å²) in [5.41, 5.74) is 2.24. The number of rotatable bonds is 6. The lowest BCUT2D eigenvalue weighted by Gasteiger charge is -2.09. The molecule has 0 bridgehead atoms. The summed E-state index contributed by atoms with van der Waals surface area (Å²) in [6.07, 6.45) is 4.63. The molecule has 2 rings (SSSR count). The van der Waals surface area contributed by atoms with Gasteiger partial charge in [-0.3, -0.25) is 4.52 Å². The Morgan fingerprint density at radius 1 is 1.26 bits per heavy atom. The van der Waals surface area contributed by atoms with Crippen molar-refractivity contribution >= 4 is 40.6 Å². The third-order valence-electron chi connectivity index (χ3n) is 2.56. The summed E-state index contributed by atoms with van der Waals surface area (Å²) in [5, 5.41) is 0. The van der Waals surface area contributed by atoms with E-state index in [-0.39, 0.29) is 27.6 Å². The van der Waals surface area contributed by atoms with Crippen LogP contribution in [0.15, 0.2) is 31.0 Å². The maximum absolute atomic E-state index is 10.5. The van der Waals surface area contributed by atoms with Crippen molar-refractivity contribution in [2.24, 2.45) is 3.15 Å². The van der Waals surface area contributed by atoms with E-state index in [4.69, 9.17) is 9.79 Å². The van der Waals surface area contributed by atoms with E-state index >= 15 is 0 Å². The third kappa shape index (κ3) is 5.24. The number of fused-ring (bicyclic) bond motifs is 1. The Bertz CT molecular complexity index is 552. The minimum Gasteiger partial charge on any atom is -0.303 e. The van der Waals surface area contributed by atoms with Crippen molar-refractivity contribution in [2.75, 3.05) is 6.61 Å². The minimum atomic E-state index is -4.31. The first-order valence-corrected chi connectivity index (χ1v) is 9.47. The van der Waals surface area contributed by atoms with Gasteiger partial charge in [-0.05, 0) is 31.4 Å². The van der Waals surface area contributed by atoms with Gasteiger partial charge in [0.2, 0.25) is 0 Å². The zero-order chi connectivity index (χ0) is 13.7. The van der Waals surface area contributed by atoms with E-state index in [1.807, 2.05) is 18.2 Å². The standard InChI is InChI=1S/C12H15INO4P/c15-19(16,17)18-8-4-3-6-11-9-10-5-1-2-7-12(10)14-13-11/h1-2,5,7,9H,3-4,6,8H2,(H2,15,16,17). The maximum atomic E-state index is 10.5. The van der Waals surface area contributed by atoms with Crippen LogP contribution < -0.4 is 0 Å². The highest BCUT2D eigenvalue weighted by Gasteiger charge is 2.12. The van der Waals surface area contributed by atoms with Gasteiger partial charge in [0.15, 0.2) is 0 Å². The Morgan fingerprint density at radius 3 is 2.84 bits per heavy atom. The molecule has 0 spiro atoms. The molecule has 0 unspecified atom stereocenters. The van der Waals surface area contributed by atoms with Crippen LogP contribution in [0.25, 0.3) is 6.08 Å². The Balaban J connectivity index is 1.78. The van der Waals surface area contributed by atoms with Crippen LogP contribution in [0.5, 0.6) is 0 Å². The Kier molecular flexibility index (Phi) is 5.41. The van der Waals surface area contributed by atoms with Crippen LogP contribution in [-0.4, -0.2) is 16.4 Å². The van der Waals surface area contributed by atoms with Gasteiger partial charge in [-0.2, -0.15) is 0 Å². The van der Waals surface area contributed by atoms with E-state index in [1.54, 1.807) is 0 Å². The topological polar surface area (TPSA) is 79.1 Å². The number of benzene rings is 1. The molecule has 0 fully saturated rings. The smallest absolute Gasteiger partial charge is 0.303 e. The molecule has 1 aromatic rings. The van der Waals surface area contributed by atoms with E-state index in [2.05, 4.69) is 19.8 Å². The Morgan fingerprint density at radius 2 is 2.05 bits per heavy atom. The minimum absolute atomic E-state index is 0.101. The molecule has 0 aliphatic carbocycles. The molecule has 0 saturated heterocycles. The first-order valence-electron chi connectivity index (χ1n) is 5.89. The second-order valence-electron chi connectivity index (χ2n) is 4.10. The molecule has 1 aromatic carbocycles. The van der Waals surface area contributed by atoms with E-state index < -0.39 is 7.82 Å². The van der Waals surface area contributed by atoms with E-state index in [1.165, 1.54) is 3.58 Å². The molecule has 5 nitrogen and oxygen atoms in total. The predicted molar refractivity (Wildman–Crippen MR) is 82.4 cm³/mol. The molecule has 7 heteroatoms. The van der Waals surface area contributed by atoms with Crippen LogP contribution >= 0.6 is 28.9 Å². The zero-order valence-electron chi connectivity index (χ0n) is 10.2. The van der Waals surface area contributed by atoms with Crippen molar-refractivity contribution in [2.45, 2.75) is 19.3 Å². The summed E-state index contributed by atoms with van der Waals surface area (Å²) in [5.74, 6) is 0. The van der Waals surface area contributed by atoms with Crippen LogP contribution in [0.4, 0.5) is 5.69 Å². The van der Waals surface area contributed by atoms with Crippen LogP contribution in [0.3, 0.4) is 0 Å². The highest BCUT2D eigenvalue weighted by Crippen LogP contribution is 2.38. The maximum Gasteiger partial charge on any atom is 0.469 e. The van der Waals surface area contributed by atoms with Gasteiger partial charge >= 0.3 is 7.82 Å². The predicted octanol–water partition coefficient (Wildman–Crippen LogP) is 4.11. The molecule has 0 amide bonds. The fourth-order valence-corrected chi connectivity index (χ4v) is 4.15. The second-order valence-corrected chi connectivity index (χ2v) is 7.69. The summed E-state index contributed by atoms with van der Waals surface area (Å²) in [4.78, 5) is 17.1. The van der Waals surface area contributed by atoms with Gasteiger partial charge < -0.3 is 9.79 Å². The number of hydrogen-bond acceptors (Lipinski definition) is 3. The second kappa shape index (κ2) is 6.85. The molecule has 0 radical (unpaired) electrons. The first kappa shape index (κ1) is 15.0. The molecule has 0 atom stereocenters. The molecule has 19 heavy (non-hydrogen) atoms. The van der Waals surface area contributed by atoms with Crippen molar-refractivity contribution in [3.8, 4) is 0 Å². The monoisotopic (exact) mass is 395 g/mol. The first-order chi connectivity index (χ1) is 9.04. The SMILES string of the molecule is O=P(O)(O)OCCCCC1=Cc2ccccc2N=I1. The Hall–Kier alpha value is -0.400. The average Bonchev–Trinajstić information content (AvgIpc) is 2.37. The number of halogens is 1. The molecule has 1 heterocycles. The van der Waals surface area contributed by atoms with Crippen molar-refractivity contribution in [3.05, 3.63) is 33.4 Å². The van der Waals surface area contributed by atoms with Gasteiger partial charge in [0.1, 0.15) is 0 Å². The number of phosphoric ester groups is 1. The fourth-order valence-electron chi connectivity index (χ4n) is 1.67. The summed E-state index contributed by atoms with van der Waals surface area (Å²) >= 11 is -0.294. The molecule has 0 saturated carbocycles. The van der Waals surface area contributed by atoms with Gasteiger partial charge in [-0.15, -0.1) is 0 Å². The van der Waals surface area contributed by atoms with Gasteiger partial charge in [0, 0.05) is 30.2 Å². The fraction of sp³-hybridized carbons (Fsp3) is 0.333. The number of nitrogens with zero attached hydrogens (tertiary/aromatic N) is 1. The lowest BCUT2D eigenvalue weighted by molar-refractivity contribution is 0.194. The lowest BCUT2D eigenvalue weighted by Crippen LogP contribution is -1.92. The van der Waals surface area contributed by atoms with Gasteiger partial charge in [-0.25, -0.2) is 7.71 Å². The summed E-state index contributed by atoms with van der Waals surface area (Å²) in [7, 11) is -4.31. The van der Waals surface area contributed by atoms with Gasteiger partial charge in [0.05, 0.1) is 12.3 Å². The quantitative estimate of drug-likeness (QED) is 0.432.